The first-order chi connectivity index (χ1) is 9.66. The largest absolute Gasteiger partial charge is 0.293 e. The molecule has 4 nitrogen and oxygen atoms in total. The average molecular weight is 286 g/mol. The molecule has 0 radical (unpaired) electrons. The van der Waals surface area contributed by atoms with Gasteiger partial charge in [-0.3, -0.25) is 9.89 Å². The summed E-state index contributed by atoms with van der Waals surface area (Å²) in [6, 6.07) is 12.6. The Hall–Kier alpha value is -2.33. The normalized spacial score (nSPS) is 10.7. The van der Waals surface area contributed by atoms with Crippen molar-refractivity contribution in [3.05, 3.63) is 69.7 Å². The summed E-state index contributed by atoms with van der Waals surface area (Å²) in [6.45, 7) is 1.87. The maximum atomic E-state index is 12.5. The molecule has 1 aromatic carbocycles. The van der Waals surface area contributed by atoms with E-state index in [0.717, 1.165) is 11.3 Å². The monoisotopic (exact) mass is 285 g/mol. The first-order valence-electron chi connectivity index (χ1n) is 6.16. The second kappa shape index (κ2) is 4.98. The van der Waals surface area contributed by atoms with Crippen molar-refractivity contribution >= 4 is 11.6 Å². The SMILES string of the molecule is Cc1[nH]n(-c2ccccn2)c(=O)c1-c1ccc(Cl)cc1. The summed E-state index contributed by atoms with van der Waals surface area (Å²) in [5.74, 6) is 0.570. The van der Waals surface area contributed by atoms with Gasteiger partial charge in [0.25, 0.3) is 5.56 Å². The zero-order valence-corrected chi connectivity index (χ0v) is 11.6. The third-order valence-electron chi connectivity index (χ3n) is 3.08. The fourth-order valence-corrected chi connectivity index (χ4v) is 2.28. The maximum Gasteiger partial charge on any atom is 0.280 e. The number of nitrogens with one attached hydrogen (secondary N) is 1. The van der Waals surface area contributed by atoms with Crippen LogP contribution in [-0.2, 0) is 0 Å². The minimum absolute atomic E-state index is 0.122. The molecule has 0 fully saturated rings. The van der Waals surface area contributed by atoms with E-state index in [9.17, 15) is 4.79 Å². The molecule has 5 heteroatoms. The molecule has 0 aliphatic carbocycles. The number of aromatic nitrogens is 3. The minimum Gasteiger partial charge on any atom is -0.293 e. The van der Waals surface area contributed by atoms with Crippen LogP contribution in [0.5, 0.6) is 0 Å². The molecular formula is C15H12ClN3O. The van der Waals surface area contributed by atoms with Gasteiger partial charge < -0.3 is 0 Å². The number of benzene rings is 1. The highest BCUT2D eigenvalue weighted by atomic mass is 35.5. The second-order valence-electron chi connectivity index (χ2n) is 4.45. The van der Waals surface area contributed by atoms with Crippen molar-refractivity contribution in [2.45, 2.75) is 6.92 Å². The molecule has 0 saturated heterocycles. The number of aromatic amines is 1. The Bertz CT molecular complexity index is 788. The van der Waals surface area contributed by atoms with Gasteiger partial charge in [0.1, 0.15) is 0 Å². The van der Waals surface area contributed by atoms with Crippen LogP contribution in [0.25, 0.3) is 16.9 Å². The van der Waals surface area contributed by atoms with Gasteiger partial charge in [-0.15, -0.1) is 0 Å². The van der Waals surface area contributed by atoms with E-state index in [1.807, 2.05) is 31.2 Å². The number of halogens is 1. The fourth-order valence-electron chi connectivity index (χ4n) is 2.15. The smallest absolute Gasteiger partial charge is 0.280 e. The molecule has 100 valence electrons. The Labute approximate surface area is 120 Å². The molecule has 20 heavy (non-hydrogen) atoms. The lowest BCUT2D eigenvalue weighted by Gasteiger charge is -1.98. The molecule has 2 heterocycles. The van der Waals surface area contributed by atoms with Gasteiger partial charge in [-0.2, -0.15) is 0 Å². The first kappa shape index (κ1) is 12.7. The predicted octanol–water partition coefficient (Wildman–Crippen LogP) is 3.19. The van der Waals surface area contributed by atoms with Crippen molar-refractivity contribution in [1.82, 2.24) is 14.8 Å². The van der Waals surface area contributed by atoms with Gasteiger partial charge in [-0.05, 0) is 36.8 Å². The van der Waals surface area contributed by atoms with E-state index < -0.39 is 0 Å². The van der Waals surface area contributed by atoms with Crippen LogP contribution in [0.15, 0.2) is 53.5 Å². The summed E-state index contributed by atoms with van der Waals surface area (Å²) >= 11 is 5.88. The van der Waals surface area contributed by atoms with Crippen LogP contribution in [0, 0.1) is 6.92 Å². The molecule has 1 N–H and O–H groups in total. The number of hydrogen-bond acceptors (Lipinski definition) is 2. The number of rotatable bonds is 2. The van der Waals surface area contributed by atoms with Crippen molar-refractivity contribution in [3.63, 3.8) is 0 Å². The number of pyridine rings is 1. The lowest BCUT2D eigenvalue weighted by molar-refractivity contribution is 0.807. The van der Waals surface area contributed by atoms with E-state index in [0.29, 0.717) is 16.4 Å². The van der Waals surface area contributed by atoms with Gasteiger partial charge >= 0.3 is 0 Å². The first-order valence-corrected chi connectivity index (χ1v) is 6.53. The van der Waals surface area contributed by atoms with E-state index in [1.165, 1.54) is 4.68 Å². The summed E-state index contributed by atoms with van der Waals surface area (Å²) < 4.78 is 1.44. The molecule has 2 aromatic heterocycles. The van der Waals surface area contributed by atoms with Crippen LogP contribution in [0.2, 0.25) is 5.02 Å². The van der Waals surface area contributed by atoms with E-state index >= 15 is 0 Å². The molecule has 0 saturated carbocycles. The fraction of sp³-hybridized carbons (Fsp3) is 0.0667. The Kier molecular flexibility index (Phi) is 3.16. The molecule has 0 aliphatic rings. The lowest BCUT2D eigenvalue weighted by atomic mass is 10.1. The van der Waals surface area contributed by atoms with E-state index in [2.05, 4.69) is 10.1 Å². The quantitative estimate of drug-likeness (QED) is 0.786. The van der Waals surface area contributed by atoms with Crippen LogP contribution < -0.4 is 5.56 Å². The van der Waals surface area contributed by atoms with Crippen LogP contribution in [0.4, 0.5) is 0 Å². The summed E-state index contributed by atoms with van der Waals surface area (Å²) in [7, 11) is 0. The van der Waals surface area contributed by atoms with Crippen molar-refractivity contribution < 1.29 is 0 Å². The van der Waals surface area contributed by atoms with Gasteiger partial charge in [0.05, 0.1) is 5.56 Å². The predicted molar refractivity (Wildman–Crippen MR) is 79.4 cm³/mol. The van der Waals surface area contributed by atoms with Gasteiger partial charge in [0.15, 0.2) is 5.82 Å². The average Bonchev–Trinajstić information content (AvgIpc) is 2.76. The van der Waals surface area contributed by atoms with E-state index in [4.69, 9.17) is 11.6 Å². The Balaban J connectivity index is 2.17. The van der Waals surface area contributed by atoms with Gasteiger partial charge in [-0.1, -0.05) is 29.8 Å². The molecule has 0 spiro atoms. The summed E-state index contributed by atoms with van der Waals surface area (Å²) in [5, 5.41) is 3.70. The Morgan fingerprint density at radius 1 is 1.15 bits per heavy atom. The number of nitrogens with zero attached hydrogens (tertiary/aromatic N) is 2. The molecule has 0 aliphatic heterocycles. The highest BCUT2D eigenvalue weighted by Crippen LogP contribution is 2.21. The third kappa shape index (κ3) is 2.14. The highest BCUT2D eigenvalue weighted by molar-refractivity contribution is 6.30. The lowest BCUT2D eigenvalue weighted by Crippen LogP contribution is -2.16. The third-order valence-corrected chi connectivity index (χ3v) is 3.33. The highest BCUT2D eigenvalue weighted by Gasteiger charge is 2.14. The number of aryl methyl sites for hydroxylation is 1. The molecule has 3 aromatic rings. The Morgan fingerprint density at radius 3 is 2.55 bits per heavy atom. The topological polar surface area (TPSA) is 50.7 Å². The molecule has 0 amide bonds. The summed E-state index contributed by atoms with van der Waals surface area (Å²) in [6.07, 6.45) is 1.65. The van der Waals surface area contributed by atoms with Crippen molar-refractivity contribution in [3.8, 4) is 16.9 Å². The van der Waals surface area contributed by atoms with Crippen molar-refractivity contribution in [2.24, 2.45) is 0 Å². The molecule has 0 bridgehead atoms. The van der Waals surface area contributed by atoms with Crippen LogP contribution >= 0.6 is 11.6 Å². The van der Waals surface area contributed by atoms with Gasteiger partial charge in [0, 0.05) is 16.9 Å². The summed E-state index contributed by atoms with van der Waals surface area (Å²) in [5.41, 5.74) is 2.14. The Morgan fingerprint density at radius 2 is 1.90 bits per heavy atom. The second-order valence-corrected chi connectivity index (χ2v) is 4.88. The zero-order chi connectivity index (χ0) is 14.1. The van der Waals surface area contributed by atoms with E-state index in [-0.39, 0.29) is 5.56 Å². The van der Waals surface area contributed by atoms with Crippen LogP contribution in [0.1, 0.15) is 5.69 Å². The van der Waals surface area contributed by atoms with Crippen molar-refractivity contribution in [2.75, 3.05) is 0 Å². The molecular weight excluding hydrogens is 274 g/mol. The standard InChI is InChI=1S/C15H12ClN3O/c1-10-14(11-5-7-12(16)8-6-11)15(20)19(18-10)13-4-2-3-9-17-13/h2-9,18H,1H3. The molecule has 3 rings (SSSR count). The van der Waals surface area contributed by atoms with Crippen molar-refractivity contribution in [1.29, 1.82) is 0 Å². The van der Waals surface area contributed by atoms with Crippen LogP contribution in [0.3, 0.4) is 0 Å². The van der Waals surface area contributed by atoms with E-state index in [1.54, 1.807) is 24.4 Å². The summed E-state index contributed by atoms with van der Waals surface area (Å²) in [4.78, 5) is 16.7. The van der Waals surface area contributed by atoms with Crippen LogP contribution in [-0.4, -0.2) is 14.8 Å². The maximum absolute atomic E-state index is 12.5. The van der Waals surface area contributed by atoms with Gasteiger partial charge in [0.2, 0.25) is 0 Å². The molecule has 0 atom stereocenters. The number of hydrogen-bond donors (Lipinski definition) is 1. The minimum atomic E-state index is -0.122. The zero-order valence-electron chi connectivity index (χ0n) is 10.8. The number of H-pyrrole nitrogens is 1. The molecule has 0 unspecified atom stereocenters. The van der Waals surface area contributed by atoms with Gasteiger partial charge in [-0.25, -0.2) is 9.67 Å².